The maximum Gasteiger partial charge on any atom is 0.298 e. The smallest absolute Gasteiger partial charge is 0.298 e. The number of hydrogen-bond donors (Lipinski definition) is 1. The van der Waals surface area contributed by atoms with Gasteiger partial charge >= 0.3 is 0 Å². The van der Waals surface area contributed by atoms with E-state index in [9.17, 15) is 4.79 Å². The molecule has 2 aromatic carbocycles. The number of oxazole rings is 1. The van der Waals surface area contributed by atoms with Crippen molar-refractivity contribution >= 4 is 23.0 Å². The highest BCUT2D eigenvalue weighted by molar-refractivity contribution is 5.80. The molecule has 0 saturated carbocycles. The van der Waals surface area contributed by atoms with E-state index in [1.54, 1.807) is 0 Å². The molecule has 2 heterocycles. The molecule has 0 unspecified atom stereocenters. The summed E-state index contributed by atoms with van der Waals surface area (Å²) in [6.07, 6.45) is 3.72. The minimum absolute atomic E-state index is 0.0680. The molecule has 0 spiro atoms. The third kappa shape index (κ3) is 3.07. The van der Waals surface area contributed by atoms with Gasteiger partial charge in [-0.05, 0) is 48.9 Å². The minimum atomic E-state index is 0.0680. The molecular weight excluding hydrogens is 338 g/mol. The highest BCUT2D eigenvalue weighted by Crippen LogP contribution is 2.32. The second-order valence-electron chi connectivity index (χ2n) is 7.52. The molecule has 0 bridgehead atoms. The Morgan fingerprint density at radius 3 is 2.67 bits per heavy atom. The first-order chi connectivity index (χ1) is 13.3. The number of rotatable bonds is 3. The van der Waals surface area contributed by atoms with Crippen LogP contribution in [0.25, 0.3) is 11.1 Å². The fraction of sp³-hybridized carbons (Fsp3) is 0.364. The standard InChI is InChI=1S/C22H23N3O2/c26-21(23-18-10-9-15-5-1-2-6-17(15)18)16-11-13-25(14-12-16)22-24-19-7-3-4-8-20(19)27-22/h1-8,16,18H,9-14H2,(H,23,26)/t18-/m1/s1. The van der Waals surface area contributed by atoms with E-state index in [1.165, 1.54) is 11.1 Å². The Morgan fingerprint density at radius 2 is 1.81 bits per heavy atom. The van der Waals surface area contributed by atoms with Crippen molar-refractivity contribution in [2.45, 2.75) is 31.7 Å². The predicted molar refractivity (Wildman–Crippen MR) is 105 cm³/mol. The molecule has 2 aliphatic rings. The Balaban J connectivity index is 1.21. The Kier molecular flexibility index (Phi) is 4.07. The maximum absolute atomic E-state index is 12.8. The number of nitrogens with one attached hydrogen (secondary N) is 1. The zero-order valence-corrected chi connectivity index (χ0v) is 15.2. The van der Waals surface area contributed by atoms with Crippen molar-refractivity contribution in [1.29, 1.82) is 0 Å². The van der Waals surface area contributed by atoms with Gasteiger partial charge in [-0.15, -0.1) is 0 Å². The van der Waals surface area contributed by atoms with Crippen molar-refractivity contribution < 1.29 is 9.21 Å². The zero-order valence-electron chi connectivity index (χ0n) is 15.2. The molecule has 5 nitrogen and oxygen atoms in total. The first-order valence-electron chi connectivity index (χ1n) is 9.76. The number of hydrogen-bond acceptors (Lipinski definition) is 4. The van der Waals surface area contributed by atoms with Crippen molar-refractivity contribution in [2.24, 2.45) is 5.92 Å². The number of amides is 1. The average Bonchev–Trinajstić information content (AvgIpc) is 3.32. The van der Waals surface area contributed by atoms with Crippen LogP contribution in [-0.4, -0.2) is 24.0 Å². The van der Waals surface area contributed by atoms with Crippen molar-refractivity contribution in [3.63, 3.8) is 0 Å². The number of piperidine rings is 1. The van der Waals surface area contributed by atoms with Crippen molar-refractivity contribution in [1.82, 2.24) is 10.3 Å². The van der Waals surface area contributed by atoms with E-state index in [0.29, 0.717) is 6.01 Å². The Bertz CT molecular complexity index is 939. The summed E-state index contributed by atoms with van der Waals surface area (Å²) < 4.78 is 5.86. The molecule has 1 aliphatic carbocycles. The molecule has 1 aromatic heterocycles. The second-order valence-corrected chi connectivity index (χ2v) is 7.52. The summed E-state index contributed by atoms with van der Waals surface area (Å²) in [4.78, 5) is 19.5. The van der Waals surface area contributed by atoms with E-state index in [1.807, 2.05) is 24.3 Å². The minimum Gasteiger partial charge on any atom is -0.423 e. The Morgan fingerprint density at radius 1 is 1.04 bits per heavy atom. The van der Waals surface area contributed by atoms with E-state index in [2.05, 4.69) is 39.5 Å². The fourth-order valence-electron chi connectivity index (χ4n) is 4.32. The summed E-state index contributed by atoms with van der Waals surface area (Å²) >= 11 is 0. The van der Waals surface area contributed by atoms with Gasteiger partial charge in [-0.3, -0.25) is 4.79 Å². The lowest BCUT2D eigenvalue weighted by Gasteiger charge is -2.30. The van der Waals surface area contributed by atoms with Crippen LogP contribution in [0.5, 0.6) is 0 Å². The van der Waals surface area contributed by atoms with E-state index < -0.39 is 0 Å². The molecule has 1 amide bonds. The van der Waals surface area contributed by atoms with Crippen LogP contribution in [0.1, 0.15) is 36.4 Å². The lowest BCUT2D eigenvalue weighted by Crippen LogP contribution is -2.41. The molecule has 1 fully saturated rings. The van der Waals surface area contributed by atoms with E-state index >= 15 is 0 Å². The first-order valence-corrected chi connectivity index (χ1v) is 9.76. The summed E-state index contributed by atoms with van der Waals surface area (Å²) in [6.45, 7) is 1.60. The monoisotopic (exact) mass is 361 g/mol. The number of carbonyl (C=O) groups excluding carboxylic acids is 1. The molecule has 27 heavy (non-hydrogen) atoms. The average molecular weight is 361 g/mol. The van der Waals surface area contributed by atoms with Crippen LogP contribution in [-0.2, 0) is 11.2 Å². The van der Waals surface area contributed by atoms with Gasteiger partial charge in [0.1, 0.15) is 5.52 Å². The SMILES string of the molecule is O=C(N[C@@H]1CCc2ccccc21)C1CCN(c2nc3ccccc3o2)CC1. The second kappa shape index (κ2) is 6.72. The number of carbonyl (C=O) groups is 1. The zero-order chi connectivity index (χ0) is 18.2. The molecule has 1 aliphatic heterocycles. The molecule has 1 atom stereocenters. The van der Waals surface area contributed by atoms with Gasteiger partial charge in [-0.25, -0.2) is 0 Å². The molecule has 1 saturated heterocycles. The van der Waals surface area contributed by atoms with E-state index in [4.69, 9.17) is 4.42 Å². The summed E-state index contributed by atoms with van der Waals surface area (Å²) in [5, 5.41) is 3.28. The number of aromatic nitrogens is 1. The van der Waals surface area contributed by atoms with Crippen LogP contribution in [0.2, 0.25) is 0 Å². The number of fused-ring (bicyclic) bond motifs is 2. The molecule has 1 N–H and O–H groups in total. The van der Waals surface area contributed by atoms with Crippen LogP contribution in [0.3, 0.4) is 0 Å². The molecule has 138 valence electrons. The summed E-state index contributed by atoms with van der Waals surface area (Å²) in [5.41, 5.74) is 4.35. The third-order valence-corrected chi connectivity index (χ3v) is 5.87. The van der Waals surface area contributed by atoms with Gasteiger partial charge in [0.25, 0.3) is 6.01 Å². The van der Waals surface area contributed by atoms with Crippen molar-refractivity contribution in [3.8, 4) is 0 Å². The van der Waals surface area contributed by atoms with Gasteiger partial charge < -0.3 is 14.6 Å². The molecule has 0 radical (unpaired) electrons. The van der Waals surface area contributed by atoms with E-state index in [-0.39, 0.29) is 17.9 Å². The predicted octanol–water partition coefficient (Wildman–Crippen LogP) is 3.85. The quantitative estimate of drug-likeness (QED) is 0.770. The number of benzene rings is 2. The highest BCUT2D eigenvalue weighted by atomic mass is 16.4. The molecular formula is C22H23N3O2. The first kappa shape index (κ1) is 16.4. The van der Waals surface area contributed by atoms with Crippen molar-refractivity contribution in [3.05, 3.63) is 59.7 Å². The number of para-hydroxylation sites is 2. The number of nitrogens with zero attached hydrogens (tertiary/aromatic N) is 2. The summed E-state index contributed by atoms with van der Waals surface area (Å²) in [6, 6.07) is 17.1. The van der Waals surface area contributed by atoms with E-state index in [0.717, 1.165) is 49.9 Å². The van der Waals surface area contributed by atoms with Crippen LogP contribution in [0.4, 0.5) is 6.01 Å². The lowest BCUT2D eigenvalue weighted by atomic mass is 9.95. The van der Waals surface area contributed by atoms with Crippen LogP contribution >= 0.6 is 0 Å². The maximum atomic E-state index is 12.8. The topological polar surface area (TPSA) is 58.4 Å². The van der Waals surface area contributed by atoms with Gasteiger partial charge in [-0.2, -0.15) is 4.98 Å². The van der Waals surface area contributed by atoms with Gasteiger partial charge in [0.05, 0.1) is 6.04 Å². The van der Waals surface area contributed by atoms with Gasteiger partial charge in [-0.1, -0.05) is 36.4 Å². The van der Waals surface area contributed by atoms with Crippen LogP contribution < -0.4 is 10.2 Å². The largest absolute Gasteiger partial charge is 0.423 e. The Labute approximate surface area is 158 Å². The highest BCUT2D eigenvalue weighted by Gasteiger charge is 2.30. The number of aryl methyl sites for hydroxylation is 1. The number of anilines is 1. The van der Waals surface area contributed by atoms with Crippen LogP contribution in [0.15, 0.2) is 52.9 Å². The normalized spacial score (nSPS) is 20.0. The molecule has 5 heteroatoms. The Hall–Kier alpha value is -2.82. The molecule has 5 rings (SSSR count). The summed E-state index contributed by atoms with van der Waals surface area (Å²) in [5.74, 6) is 0.257. The van der Waals surface area contributed by atoms with Crippen molar-refractivity contribution in [2.75, 3.05) is 18.0 Å². The fourth-order valence-corrected chi connectivity index (χ4v) is 4.32. The van der Waals surface area contributed by atoms with Gasteiger partial charge in [0.15, 0.2) is 5.58 Å². The van der Waals surface area contributed by atoms with Gasteiger partial charge in [0.2, 0.25) is 5.91 Å². The lowest BCUT2D eigenvalue weighted by molar-refractivity contribution is -0.126. The summed E-state index contributed by atoms with van der Waals surface area (Å²) in [7, 11) is 0. The molecule has 3 aromatic rings. The third-order valence-electron chi connectivity index (χ3n) is 5.87. The van der Waals surface area contributed by atoms with Gasteiger partial charge in [0, 0.05) is 19.0 Å². The van der Waals surface area contributed by atoms with Crippen LogP contribution in [0, 0.1) is 5.92 Å².